The average molecular weight is 349 g/mol. The second-order valence-electron chi connectivity index (χ2n) is 6.15. The van der Waals surface area contributed by atoms with Crippen molar-refractivity contribution in [3.63, 3.8) is 0 Å². The first kappa shape index (κ1) is 17.3. The number of halogens is 3. The molecular formula is C19H18F3NO2. The molecule has 0 N–H and O–H groups in total. The summed E-state index contributed by atoms with van der Waals surface area (Å²) in [6.45, 7) is 3.01. The molecule has 2 aromatic rings. The Kier molecular flexibility index (Phi) is 4.45. The third-order valence-corrected chi connectivity index (χ3v) is 4.50. The van der Waals surface area contributed by atoms with E-state index in [4.69, 9.17) is 4.74 Å². The first-order chi connectivity index (χ1) is 11.8. The van der Waals surface area contributed by atoms with Crippen molar-refractivity contribution in [2.75, 3.05) is 18.6 Å². The summed E-state index contributed by atoms with van der Waals surface area (Å²) >= 11 is 0. The van der Waals surface area contributed by atoms with Crippen LogP contribution in [0.2, 0.25) is 0 Å². The van der Waals surface area contributed by atoms with E-state index >= 15 is 0 Å². The van der Waals surface area contributed by atoms with E-state index in [1.807, 2.05) is 17.9 Å². The fourth-order valence-electron chi connectivity index (χ4n) is 3.19. The van der Waals surface area contributed by atoms with Gasteiger partial charge in [-0.05, 0) is 60.4 Å². The van der Waals surface area contributed by atoms with Gasteiger partial charge in [-0.15, -0.1) is 0 Å². The van der Waals surface area contributed by atoms with Crippen molar-refractivity contribution >= 4 is 11.7 Å². The second-order valence-corrected chi connectivity index (χ2v) is 6.15. The number of hydrogen-bond acceptors (Lipinski definition) is 3. The molecule has 0 atom stereocenters. The van der Waals surface area contributed by atoms with Gasteiger partial charge in [-0.25, -0.2) is 4.79 Å². The van der Waals surface area contributed by atoms with Crippen LogP contribution in [0.1, 0.15) is 32.6 Å². The summed E-state index contributed by atoms with van der Waals surface area (Å²) in [5.41, 5.74) is 3.28. The molecule has 132 valence electrons. The molecule has 0 aromatic heterocycles. The predicted molar refractivity (Wildman–Crippen MR) is 88.7 cm³/mol. The number of ether oxygens (including phenoxy) is 1. The normalized spacial score (nSPS) is 14.2. The molecule has 0 amide bonds. The molecule has 6 heteroatoms. The van der Waals surface area contributed by atoms with Crippen molar-refractivity contribution in [2.24, 2.45) is 0 Å². The Morgan fingerprint density at radius 1 is 1.12 bits per heavy atom. The van der Waals surface area contributed by atoms with E-state index in [-0.39, 0.29) is 0 Å². The Labute approximate surface area is 144 Å². The molecule has 0 saturated heterocycles. The van der Waals surface area contributed by atoms with Crippen molar-refractivity contribution in [3.8, 4) is 0 Å². The molecule has 0 saturated carbocycles. The van der Waals surface area contributed by atoms with E-state index < -0.39 is 17.7 Å². The van der Waals surface area contributed by atoms with Gasteiger partial charge in [-0.3, -0.25) is 0 Å². The third-order valence-electron chi connectivity index (χ3n) is 4.50. The number of methoxy groups -OCH3 is 1. The molecule has 1 heterocycles. The summed E-state index contributed by atoms with van der Waals surface area (Å²) in [6.07, 6.45) is -3.65. The zero-order chi connectivity index (χ0) is 18.2. The minimum absolute atomic E-state index is 0.409. The average Bonchev–Trinajstić information content (AvgIpc) is 2.59. The number of rotatable bonds is 2. The molecule has 0 bridgehead atoms. The van der Waals surface area contributed by atoms with Gasteiger partial charge in [0.25, 0.3) is 0 Å². The van der Waals surface area contributed by atoms with Gasteiger partial charge in [0, 0.05) is 18.8 Å². The Bertz CT molecular complexity index is 815. The summed E-state index contributed by atoms with van der Waals surface area (Å²) in [5.74, 6) is -0.409. The van der Waals surface area contributed by atoms with Crippen LogP contribution in [0.4, 0.5) is 18.9 Å². The number of nitrogens with zero attached hydrogens (tertiary/aromatic N) is 1. The van der Waals surface area contributed by atoms with Crippen molar-refractivity contribution in [2.45, 2.75) is 26.1 Å². The van der Waals surface area contributed by atoms with Crippen LogP contribution in [0.5, 0.6) is 0 Å². The summed E-state index contributed by atoms with van der Waals surface area (Å²) in [7, 11) is 1.32. The number of carbonyl (C=O) groups is 1. The molecule has 2 aromatic carbocycles. The monoisotopic (exact) mass is 349 g/mol. The number of fused-ring (bicyclic) bond motifs is 1. The zero-order valence-electron chi connectivity index (χ0n) is 14.0. The van der Waals surface area contributed by atoms with Crippen LogP contribution in [0, 0.1) is 6.92 Å². The van der Waals surface area contributed by atoms with Crippen LogP contribution in [-0.2, 0) is 23.9 Å². The van der Waals surface area contributed by atoms with Gasteiger partial charge < -0.3 is 9.64 Å². The van der Waals surface area contributed by atoms with Gasteiger partial charge in [-0.2, -0.15) is 13.2 Å². The summed E-state index contributed by atoms with van der Waals surface area (Å²) in [4.78, 5) is 13.6. The lowest BCUT2D eigenvalue weighted by Crippen LogP contribution is -2.31. The van der Waals surface area contributed by atoms with Crippen LogP contribution in [0.15, 0.2) is 36.4 Å². The maximum Gasteiger partial charge on any atom is 0.416 e. The molecule has 0 spiro atoms. The van der Waals surface area contributed by atoms with Gasteiger partial charge >= 0.3 is 12.1 Å². The highest BCUT2D eigenvalue weighted by molar-refractivity contribution is 5.90. The number of aryl methyl sites for hydroxylation is 1. The quantitative estimate of drug-likeness (QED) is 0.755. The largest absolute Gasteiger partial charge is 0.465 e. The van der Waals surface area contributed by atoms with Crippen molar-refractivity contribution in [1.29, 1.82) is 0 Å². The van der Waals surface area contributed by atoms with E-state index in [1.54, 1.807) is 18.2 Å². The van der Waals surface area contributed by atoms with Crippen LogP contribution >= 0.6 is 0 Å². The highest BCUT2D eigenvalue weighted by atomic mass is 19.4. The van der Waals surface area contributed by atoms with E-state index in [2.05, 4.69) is 0 Å². The van der Waals surface area contributed by atoms with Crippen LogP contribution in [-0.4, -0.2) is 19.6 Å². The second kappa shape index (κ2) is 6.43. The van der Waals surface area contributed by atoms with Gasteiger partial charge in [-0.1, -0.05) is 6.07 Å². The Morgan fingerprint density at radius 2 is 1.88 bits per heavy atom. The Hall–Kier alpha value is -2.50. The molecular weight excluding hydrogens is 331 g/mol. The van der Waals surface area contributed by atoms with Crippen molar-refractivity contribution in [3.05, 3.63) is 64.2 Å². The molecule has 0 unspecified atom stereocenters. The van der Waals surface area contributed by atoms with E-state index in [0.717, 1.165) is 29.4 Å². The topological polar surface area (TPSA) is 29.5 Å². The zero-order valence-corrected chi connectivity index (χ0v) is 14.0. The molecule has 3 rings (SSSR count). The maximum absolute atomic E-state index is 12.9. The number of hydrogen-bond donors (Lipinski definition) is 0. The van der Waals surface area contributed by atoms with Crippen molar-refractivity contribution in [1.82, 2.24) is 0 Å². The Balaban J connectivity index is 1.88. The van der Waals surface area contributed by atoms with Crippen molar-refractivity contribution < 1.29 is 22.7 Å². The first-order valence-corrected chi connectivity index (χ1v) is 7.92. The number of benzene rings is 2. The Morgan fingerprint density at radius 3 is 2.52 bits per heavy atom. The molecule has 0 fully saturated rings. The SMILES string of the molecule is COC(=O)c1ccc(N2CCc3ccc(C(F)(F)F)cc3C2)c(C)c1. The standard InChI is InChI=1S/C19H18F3NO2/c1-12-9-14(18(24)25-2)4-6-17(12)23-8-7-13-3-5-16(19(20,21)22)10-15(13)11-23/h3-6,9-10H,7-8,11H2,1-2H3. The third kappa shape index (κ3) is 3.48. The molecule has 1 aliphatic heterocycles. The van der Waals surface area contributed by atoms with Gasteiger partial charge in [0.15, 0.2) is 0 Å². The molecule has 0 aliphatic carbocycles. The minimum Gasteiger partial charge on any atom is -0.465 e. The minimum atomic E-state index is -4.34. The lowest BCUT2D eigenvalue weighted by atomic mass is 9.96. The lowest BCUT2D eigenvalue weighted by molar-refractivity contribution is -0.137. The molecule has 0 radical (unpaired) electrons. The highest BCUT2D eigenvalue weighted by Gasteiger charge is 2.31. The van der Waals surface area contributed by atoms with E-state index in [0.29, 0.717) is 24.1 Å². The van der Waals surface area contributed by atoms with E-state index in [1.165, 1.54) is 13.2 Å². The van der Waals surface area contributed by atoms with Gasteiger partial charge in [0.05, 0.1) is 18.2 Å². The van der Waals surface area contributed by atoms with Crippen LogP contribution in [0.25, 0.3) is 0 Å². The number of esters is 1. The fraction of sp³-hybridized carbons (Fsp3) is 0.316. The maximum atomic E-state index is 12.9. The fourth-order valence-corrected chi connectivity index (χ4v) is 3.19. The number of anilines is 1. The summed E-state index contributed by atoms with van der Waals surface area (Å²) in [6, 6.07) is 9.19. The van der Waals surface area contributed by atoms with E-state index in [9.17, 15) is 18.0 Å². The van der Waals surface area contributed by atoms with Gasteiger partial charge in [0.1, 0.15) is 0 Å². The van der Waals surface area contributed by atoms with Crippen LogP contribution in [0.3, 0.4) is 0 Å². The molecule has 1 aliphatic rings. The lowest BCUT2D eigenvalue weighted by Gasteiger charge is -2.32. The predicted octanol–water partition coefficient (Wildman–Crippen LogP) is 4.36. The first-order valence-electron chi connectivity index (χ1n) is 7.92. The smallest absolute Gasteiger partial charge is 0.416 e. The van der Waals surface area contributed by atoms with Crippen LogP contribution < -0.4 is 4.90 Å². The molecule has 3 nitrogen and oxygen atoms in total. The summed E-state index contributed by atoms with van der Waals surface area (Å²) < 4.78 is 43.5. The summed E-state index contributed by atoms with van der Waals surface area (Å²) in [5, 5.41) is 0. The highest BCUT2D eigenvalue weighted by Crippen LogP contribution is 2.33. The van der Waals surface area contributed by atoms with Gasteiger partial charge in [0.2, 0.25) is 0 Å². The number of alkyl halides is 3. The molecule has 25 heavy (non-hydrogen) atoms. The number of carbonyl (C=O) groups excluding carboxylic acids is 1.